The number of ketones is 1. The first-order chi connectivity index (χ1) is 20.4. The molecule has 0 spiro atoms. The SMILES string of the molecule is CCCOc1ccc(C2/C(=C(/O)c3ccc4c(c3)OCCO4)C(=O)C(=O)N2c2nc3ccc(C)cc3s2)cc1OCC. The van der Waals surface area contributed by atoms with Gasteiger partial charge in [-0.1, -0.05) is 30.4 Å². The van der Waals surface area contributed by atoms with E-state index in [0.29, 0.717) is 71.2 Å². The van der Waals surface area contributed by atoms with E-state index in [1.807, 2.05) is 39.0 Å². The van der Waals surface area contributed by atoms with Crippen LogP contribution in [0.1, 0.15) is 43.0 Å². The third-order valence-corrected chi connectivity index (χ3v) is 8.06. The first-order valence-electron chi connectivity index (χ1n) is 13.9. The summed E-state index contributed by atoms with van der Waals surface area (Å²) in [5.41, 5.74) is 2.60. The summed E-state index contributed by atoms with van der Waals surface area (Å²) in [7, 11) is 0. The van der Waals surface area contributed by atoms with Crippen LogP contribution < -0.4 is 23.8 Å². The molecule has 0 bridgehead atoms. The Kier molecular flexibility index (Phi) is 7.47. The van der Waals surface area contributed by atoms with Crippen LogP contribution >= 0.6 is 11.3 Å². The van der Waals surface area contributed by atoms with Gasteiger partial charge < -0.3 is 24.1 Å². The Bertz CT molecular complexity index is 1730. The zero-order valence-corrected chi connectivity index (χ0v) is 24.3. The Hall–Kier alpha value is -4.57. The predicted octanol–water partition coefficient (Wildman–Crippen LogP) is 6.19. The van der Waals surface area contributed by atoms with Crippen LogP contribution in [0.15, 0.2) is 60.2 Å². The smallest absolute Gasteiger partial charge is 0.301 e. The molecule has 4 aromatic rings. The first-order valence-corrected chi connectivity index (χ1v) is 14.7. The Morgan fingerprint density at radius 3 is 2.60 bits per heavy atom. The number of carbonyl (C=O) groups is 2. The van der Waals surface area contributed by atoms with Crippen LogP contribution in [0.4, 0.5) is 5.13 Å². The van der Waals surface area contributed by atoms with Gasteiger partial charge in [-0.2, -0.15) is 0 Å². The number of anilines is 1. The summed E-state index contributed by atoms with van der Waals surface area (Å²) >= 11 is 1.31. The van der Waals surface area contributed by atoms with E-state index in [1.54, 1.807) is 36.4 Å². The number of Topliss-reactive ketones (excluding diaryl/α,β-unsaturated/α-hetero) is 1. The summed E-state index contributed by atoms with van der Waals surface area (Å²) in [4.78, 5) is 33.5. The minimum atomic E-state index is -0.973. The van der Waals surface area contributed by atoms with Crippen molar-refractivity contribution in [1.29, 1.82) is 0 Å². The van der Waals surface area contributed by atoms with Gasteiger partial charge in [0.15, 0.2) is 28.1 Å². The normalized spacial score (nSPS) is 17.6. The van der Waals surface area contributed by atoms with Gasteiger partial charge in [-0.05, 0) is 73.9 Å². The lowest BCUT2D eigenvalue weighted by atomic mass is 9.95. The van der Waals surface area contributed by atoms with Gasteiger partial charge in [-0.25, -0.2) is 4.98 Å². The number of thiazole rings is 1. The molecule has 2 aliphatic heterocycles. The van der Waals surface area contributed by atoms with Crippen LogP contribution in [0.3, 0.4) is 0 Å². The van der Waals surface area contributed by atoms with Crippen molar-refractivity contribution in [2.45, 2.75) is 33.2 Å². The van der Waals surface area contributed by atoms with Crippen molar-refractivity contribution >= 4 is 44.1 Å². The van der Waals surface area contributed by atoms with E-state index < -0.39 is 17.7 Å². The lowest BCUT2D eigenvalue weighted by Crippen LogP contribution is -2.29. The molecule has 1 amide bonds. The highest BCUT2D eigenvalue weighted by molar-refractivity contribution is 7.22. The van der Waals surface area contributed by atoms with E-state index in [1.165, 1.54) is 16.2 Å². The lowest BCUT2D eigenvalue weighted by Gasteiger charge is -2.24. The van der Waals surface area contributed by atoms with Crippen LogP contribution in [-0.4, -0.2) is 48.2 Å². The van der Waals surface area contributed by atoms with Crippen LogP contribution in [0.5, 0.6) is 23.0 Å². The van der Waals surface area contributed by atoms with E-state index in [9.17, 15) is 14.7 Å². The van der Waals surface area contributed by atoms with E-state index in [4.69, 9.17) is 23.9 Å². The monoisotopic (exact) mass is 586 g/mol. The molecule has 6 rings (SSSR count). The Morgan fingerprint density at radius 1 is 1.00 bits per heavy atom. The molecule has 0 saturated carbocycles. The van der Waals surface area contributed by atoms with Crippen LogP contribution in [-0.2, 0) is 9.59 Å². The number of nitrogens with zero attached hydrogens (tertiary/aromatic N) is 2. The molecule has 216 valence electrons. The number of aromatic nitrogens is 1. The van der Waals surface area contributed by atoms with E-state index >= 15 is 0 Å². The number of aryl methyl sites for hydroxylation is 1. The molecular weight excluding hydrogens is 556 g/mol. The molecule has 1 N–H and O–H groups in total. The molecule has 1 saturated heterocycles. The maximum atomic E-state index is 13.7. The van der Waals surface area contributed by atoms with Gasteiger partial charge in [0, 0.05) is 5.56 Å². The third kappa shape index (κ3) is 4.92. The second kappa shape index (κ2) is 11.4. The number of amides is 1. The molecule has 3 heterocycles. The molecular formula is C32H30N2O7S. The highest BCUT2D eigenvalue weighted by Gasteiger charge is 2.48. The number of carbonyl (C=O) groups excluding carboxylic acids is 2. The summed E-state index contributed by atoms with van der Waals surface area (Å²) in [5, 5.41) is 12.0. The van der Waals surface area contributed by atoms with Crippen LogP contribution in [0, 0.1) is 6.92 Å². The summed E-state index contributed by atoms with van der Waals surface area (Å²) in [6, 6.07) is 15.1. The molecule has 2 aliphatic rings. The first kappa shape index (κ1) is 27.6. The van der Waals surface area contributed by atoms with Crippen molar-refractivity contribution in [2.75, 3.05) is 31.3 Å². The average Bonchev–Trinajstić information content (AvgIpc) is 3.53. The number of hydrogen-bond acceptors (Lipinski definition) is 9. The minimum absolute atomic E-state index is 0.0585. The second-order valence-corrected chi connectivity index (χ2v) is 11.0. The maximum absolute atomic E-state index is 13.7. The average molecular weight is 587 g/mol. The number of ether oxygens (including phenoxy) is 4. The van der Waals surface area contributed by atoms with Crippen molar-refractivity contribution in [1.82, 2.24) is 4.98 Å². The maximum Gasteiger partial charge on any atom is 0.301 e. The van der Waals surface area contributed by atoms with E-state index in [2.05, 4.69) is 0 Å². The van der Waals surface area contributed by atoms with Crippen molar-refractivity contribution in [2.24, 2.45) is 0 Å². The zero-order chi connectivity index (χ0) is 29.4. The lowest BCUT2D eigenvalue weighted by molar-refractivity contribution is -0.132. The Balaban J connectivity index is 1.53. The number of fused-ring (bicyclic) bond motifs is 2. The molecule has 0 radical (unpaired) electrons. The number of aliphatic hydroxyl groups is 1. The van der Waals surface area contributed by atoms with Crippen LogP contribution in [0.2, 0.25) is 0 Å². The fraction of sp³-hybridized carbons (Fsp3) is 0.281. The standard InChI is InChI=1S/C32H30N2O7S/c1-4-12-39-22-10-7-19(16-24(22)38-5-2)28-27(29(35)20-8-11-23-25(17-20)41-14-13-40-23)30(36)31(37)34(28)32-33-21-9-6-18(3)15-26(21)42-32/h6-11,15-17,28,35H,4-5,12-14H2,1-3H3/b29-27-. The predicted molar refractivity (Wildman–Crippen MR) is 160 cm³/mol. The molecule has 3 aromatic carbocycles. The fourth-order valence-corrected chi connectivity index (χ4v) is 6.20. The molecule has 1 atom stereocenters. The van der Waals surface area contributed by atoms with E-state index in [-0.39, 0.29) is 11.3 Å². The third-order valence-electron chi connectivity index (χ3n) is 7.04. The largest absolute Gasteiger partial charge is 0.507 e. The van der Waals surface area contributed by atoms with Gasteiger partial charge >= 0.3 is 5.91 Å². The number of aliphatic hydroxyl groups excluding tert-OH is 1. The highest BCUT2D eigenvalue weighted by atomic mass is 32.1. The highest BCUT2D eigenvalue weighted by Crippen LogP contribution is 2.46. The molecule has 1 unspecified atom stereocenters. The Labute approximate surface area is 246 Å². The summed E-state index contributed by atoms with van der Waals surface area (Å²) in [6.07, 6.45) is 0.820. The van der Waals surface area contributed by atoms with Gasteiger partial charge in [-0.15, -0.1) is 0 Å². The number of hydrogen-bond donors (Lipinski definition) is 1. The molecule has 1 fully saturated rings. The van der Waals surface area contributed by atoms with Gasteiger partial charge in [0.1, 0.15) is 19.0 Å². The summed E-state index contributed by atoms with van der Waals surface area (Å²) in [5.74, 6) is 0.123. The van der Waals surface area contributed by atoms with Crippen molar-refractivity contribution < 1.29 is 33.6 Å². The van der Waals surface area contributed by atoms with Gasteiger partial charge in [0.05, 0.1) is 35.0 Å². The van der Waals surface area contributed by atoms with Gasteiger partial charge in [0.25, 0.3) is 5.78 Å². The zero-order valence-electron chi connectivity index (χ0n) is 23.5. The fourth-order valence-electron chi connectivity index (χ4n) is 5.11. The topological polar surface area (TPSA) is 107 Å². The Morgan fingerprint density at radius 2 is 1.81 bits per heavy atom. The van der Waals surface area contributed by atoms with Crippen molar-refractivity contribution in [3.8, 4) is 23.0 Å². The number of benzene rings is 3. The summed E-state index contributed by atoms with van der Waals surface area (Å²) < 4.78 is 24.0. The summed E-state index contributed by atoms with van der Waals surface area (Å²) in [6.45, 7) is 7.55. The van der Waals surface area contributed by atoms with Crippen molar-refractivity contribution in [3.05, 3.63) is 76.9 Å². The molecule has 9 nitrogen and oxygen atoms in total. The van der Waals surface area contributed by atoms with Crippen molar-refractivity contribution in [3.63, 3.8) is 0 Å². The minimum Gasteiger partial charge on any atom is -0.507 e. The van der Waals surface area contributed by atoms with E-state index in [0.717, 1.165) is 16.7 Å². The van der Waals surface area contributed by atoms with Crippen LogP contribution in [0.25, 0.3) is 16.0 Å². The quantitative estimate of drug-likeness (QED) is 0.148. The van der Waals surface area contributed by atoms with Gasteiger partial charge in [-0.3, -0.25) is 14.5 Å². The van der Waals surface area contributed by atoms with Gasteiger partial charge in [0.2, 0.25) is 0 Å². The number of rotatable bonds is 8. The second-order valence-electron chi connectivity index (χ2n) is 9.98. The molecule has 0 aliphatic carbocycles. The molecule has 1 aromatic heterocycles. The molecule has 10 heteroatoms. The molecule has 42 heavy (non-hydrogen) atoms.